The molecular weight excluding hydrogens is 670 g/mol. The Morgan fingerprint density at radius 3 is 1.98 bits per heavy atom. The van der Waals surface area contributed by atoms with Crippen LogP contribution in [0.5, 0.6) is 0 Å². The molecule has 0 aromatic heterocycles. The minimum atomic E-state index is -1.11. The highest BCUT2D eigenvalue weighted by Gasteiger charge is 2.70. The van der Waals surface area contributed by atoms with Crippen molar-refractivity contribution in [3.05, 3.63) is 0 Å². The lowest BCUT2D eigenvalue weighted by molar-refractivity contribution is -0.155. The number of piperidine rings is 1. The normalized spacial score (nSPS) is 22.9. The zero-order valence-corrected chi connectivity index (χ0v) is 33.3. The third kappa shape index (κ3) is 10.9. The molecule has 3 rings (SSSR count). The SMILES string of the molecule is CC(C)OC(=O)[C@@H](NC(=O)N[C@H](C(=O)N1C[C@@H]2CC2(C(C)C)[C@H]1C(=O)N[C@@H](CC1CC1)C(=O)C(=O)NCCC(=O)OC(C)(C)C)C(C)(C)C)C(C)C. The van der Waals surface area contributed by atoms with Crippen LogP contribution in [0.25, 0.3) is 0 Å². The molecule has 3 fully saturated rings. The van der Waals surface area contributed by atoms with Crippen LogP contribution in [0, 0.1) is 34.5 Å². The van der Waals surface area contributed by atoms with Gasteiger partial charge in [-0.05, 0) is 76.5 Å². The molecule has 0 aromatic carbocycles. The number of rotatable bonds is 16. The van der Waals surface area contributed by atoms with Gasteiger partial charge in [0.15, 0.2) is 0 Å². The molecule has 6 atom stereocenters. The molecule has 5 amide bonds. The number of nitrogens with zero attached hydrogens (tertiary/aromatic N) is 1. The van der Waals surface area contributed by atoms with E-state index in [1.54, 1.807) is 69.2 Å². The number of ketones is 1. The lowest BCUT2D eigenvalue weighted by Crippen LogP contribution is -2.63. The molecule has 294 valence electrons. The predicted octanol–water partition coefficient (Wildman–Crippen LogP) is 3.25. The molecule has 3 aliphatic rings. The standard InChI is InChI=1S/C38H63N5O9/c1-20(2)27(34(49)51-22(5)6)41-35(50)42-29(36(7,8)9)33(48)43-19-24-18-38(24,21(3)4)30(43)32(47)40-25(17-23-13-14-23)28(45)31(46)39-16-15-26(44)52-37(10,11)12/h20-25,27,29-30H,13-19H2,1-12H3,(H,39,46)(H,40,47)(H2,41,42,50)/t24-,25-,27-,29+,30+,38?/m0/s1. The average molecular weight is 734 g/mol. The number of urea groups is 1. The summed E-state index contributed by atoms with van der Waals surface area (Å²) in [5, 5.41) is 10.8. The van der Waals surface area contributed by atoms with Crippen LogP contribution in [-0.4, -0.2) is 95.3 Å². The first-order valence-corrected chi connectivity index (χ1v) is 18.8. The zero-order chi connectivity index (χ0) is 39.5. The third-order valence-electron chi connectivity index (χ3n) is 10.1. The van der Waals surface area contributed by atoms with Gasteiger partial charge >= 0.3 is 18.0 Å². The summed E-state index contributed by atoms with van der Waals surface area (Å²) in [6.07, 6.45) is 2.26. The fourth-order valence-electron chi connectivity index (χ4n) is 7.21. The van der Waals surface area contributed by atoms with Gasteiger partial charge in [0.05, 0.1) is 18.6 Å². The van der Waals surface area contributed by atoms with Crippen molar-refractivity contribution >= 4 is 41.5 Å². The molecule has 1 aliphatic heterocycles. The van der Waals surface area contributed by atoms with Gasteiger partial charge in [-0.15, -0.1) is 0 Å². The number of hydrogen-bond donors (Lipinski definition) is 4. The van der Waals surface area contributed by atoms with Crippen molar-refractivity contribution in [1.82, 2.24) is 26.2 Å². The molecule has 2 aliphatic carbocycles. The molecule has 0 bridgehead atoms. The number of likely N-dealkylation sites (tertiary alicyclic amines) is 1. The first kappa shape index (κ1) is 42.7. The smallest absolute Gasteiger partial charge is 0.329 e. The Labute approximate surface area is 309 Å². The van der Waals surface area contributed by atoms with E-state index in [4.69, 9.17) is 9.47 Å². The Bertz CT molecular complexity index is 1380. The maximum Gasteiger partial charge on any atom is 0.329 e. The van der Waals surface area contributed by atoms with E-state index in [9.17, 15) is 33.6 Å². The number of ether oxygens (including phenoxy) is 2. The van der Waals surface area contributed by atoms with Crippen LogP contribution in [0.3, 0.4) is 0 Å². The van der Waals surface area contributed by atoms with E-state index in [1.165, 1.54) is 4.90 Å². The van der Waals surface area contributed by atoms with E-state index < -0.39 is 82.1 Å². The van der Waals surface area contributed by atoms with Gasteiger partial charge in [0.2, 0.25) is 17.6 Å². The Morgan fingerprint density at radius 1 is 0.865 bits per heavy atom. The highest BCUT2D eigenvalue weighted by Crippen LogP contribution is 2.66. The Kier molecular flexibility index (Phi) is 13.6. The lowest BCUT2D eigenvalue weighted by Gasteiger charge is -2.39. The van der Waals surface area contributed by atoms with Crippen molar-refractivity contribution in [2.75, 3.05) is 13.1 Å². The highest BCUT2D eigenvalue weighted by atomic mass is 16.6. The van der Waals surface area contributed by atoms with Crippen LogP contribution in [0.4, 0.5) is 4.79 Å². The van der Waals surface area contributed by atoms with Crippen LogP contribution in [0.1, 0.15) is 115 Å². The summed E-state index contributed by atoms with van der Waals surface area (Å²) in [6, 6.07) is -4.78. The van der Waals surface area contributed by atoms with Crippen molar-refractivity contribution in [1.29, 1.82) is 0 Å². The molecule has 0 aromatic rings. The molecule has 14 nitrogen and oxygen atoms in total. The minimum Gasteiger partial charge on any atom is -0.461 e. The average Bonchev–Trinajstić information content (AvgIpc) is 3.92. The Balaban J connectivity index is 1.81. The molecule has 0 spiro atoms. The van der Waals surface area contributed by atoms with E-state index in [1.807, 2.05) is 13.8 Å². The van der Waals surface area contributed by atoms with Crippen molar-refractivity contribution in [2.45, 2.75) is 151 Å². The van der Waals surface area contributed by atoms with Crippen molar-refractivity contribution < 1.29 is 43.0 Å². The van der Waals surface area contributed by atoms with E-state index in [2.05, 4.69) is 21.3 Å². The molecule has 4 N–H and O–H groups in total. The number of hydrogen-bond acceptors (Lipinski definition) is 9. The van der Waals surface area contributed by atoms with E-state index in [0.29, 0.717) is 6.54 Å². The molecule has 1 unspecified atom stereocenters. The molecule has 14 heteroatoms. The quantitative estimate of drug-likeness (QED) is 0.136. The fraction of sp³-hybridized carbons (Fsp3) is 0.816. The van der Waals surface area contributed by atoms with Gasteiger partial charge < -0.3 is 35.6 Å². The summed E-state index contributed by atoms with van der Waals surface area (Å²) < 4.78 is 10.6. The van der Waals surface area contributed by atoms with E-state index in [0.717, 1.165) is 19.3 Å². The second-order valence-corrected chi connectivity index (χ2v) is 17.9. The van der Waals surface area contributed by atoms with E-state index in [-0.39, 0.29) is 49.2 Å². The second-order valence-electron chi connectivity index (χ2n) is 17.9. The summed E-state index contributed by atoms with van der Waals surface area (Å²) in [4.78, 5) is 95.0. The number of Topliss-reactive ketones (excluding diaryl/α,β-unsaturated/α-hetero) is 1. The number of carbonyl (C=O) groups is 7. The number of nitrogens with one attached hydrogen (secondary N) is 4. The summed E-state index contributed by atoms with van der Waals surface area (Å²) in [6.45, 7) is 21.8. The monoisotopic (exact) mass is 733 g/mol. The summed E-state index contributed by atoms with van der Waals surface area (Å²) in [5.74, 6) is -3.83. The number of esters is 2. The molecule has 1 heterocycles. The maximum absolute atomic E-state index is 14.5. The number of fused-ring (bicyclic) bond motifs is 1. The van der Waals surface area contributed by atoms with Crippen LogP contribution >= 0.6 is 0 Å². The van der Waals surface area contributed by atoms with Gasteiger partial charge in [0.25, 0.3) is 5.91 Å². The van der Waals surface area contributed by atoms with Gasteiger partial charge in [-0.3, -0.25) is 24.0 Å². The Hall–Kier alpha value is -3.71. The summed E-state index contributed by atoms with van der Waals surface area (Å²) >= 11 is 0. The van der Waals surface area contributed by atoms with Crippen molar-refractivity contribution in [3.63, 3.8) is 0 Å². The van der Waals surface area contributed by atoms with Crippen LogP contribution < -0.4 is 21.3 Å². The van der Waals surface area contributed by atoms with Crippen molar-refractivity contribution in [2.24, 2.45) is 34.5 Å². The molecule has 2 saturated carbocycles. The zero-order valence-electron chi connectivity index (χ0n) is 33.3. The number of carbonyl (C=O) groups excluding carboxylic acids is 7. The van der Waals surface area contributed by atoms with Crippen molar-refractivity contribution in [3.8, 4) is 0 Å². The van der Waals surface area contributed by atoms with Gasteiger partial charge in [0, 0.05) is 18.5 Å². The summed E-state index contributed by atoms with van der Waals surface area (Å²) in [5.41, 5.74) is -2.01. The fourth-order valence-corrected chi connectivity index (χ4v) is 7.21. The predicted molar refractivity (Wildman–Crippen MR) is 193 cm³/mol. The molecule has 1 saturated heterocycles. The van der Waals surface area contributed by atoms with Gasteiger partial charge in [0.1, 0.15) is 23.7 Å². The Morgan fingerprint density at radius 2 is 1.48 bits per heavy atom. The first-order chi connectivity index (χ1) is 23.9. The maximum atomic E-state index is 14.5. The minimum absolute atomic E-state index is 0.0166. The second kappa shape index (κ2) is 16.5. The van der Waals surface area contributed by atoms with Gasteiger partial charge in [-0.25, -0.2) is 9.59 Å². The number of amides is 5. The largest absolute Gasteiger partial charge is 0.461 e. The first-order valence-electron chi connectivity index (χ1n) is 18.8. The van der Waals surface area contributed by atoms with Crippen LogP contribution in [0.15, 0.2) is 0 Å². The third-order valence-corrected chi connectivity index (χ3v) is 10.1. The highest BCUT2D eigenvalue weighted by molar-refractivity contribution is 6.38. The molecule has 52 heavy (non-hydrogen) atoms. The van der Waals surface area contributed by atoms with Gasteiger partial charge in [-0.2, -0.15) is 0 Å². The topological polar surface area (TPSA) is 189 Å². The lowest BCUT2D eigenvalue weighted by atomic mass is 9.82. The van der Waals surface area contributed by atoms with Gasteiger partial charge in [-0.1, -0.05) is 61.3 Å². The summed E-state index contributed by atoms with van der Waals surface area (Å²) in [7, 11) is 0. The molecular formula is C38H63N5O9. The van der Waals surface area contributed by atoms with Crippen LogP contribution in [-0.2, 0) is 38.2 Å². The van der Waals surface area contributed by atoms with E-state index >= 15 is 0 Å². The van der Waals surface area contributed by atoms with Crippen LogP contribution in [0.2, 0.25) is 0 Å². The molecule has 0 radical (unpaired) electrons.